The molecule has 2 unspecified atom stereocenters. The fraction of sp³-hybridized carbons (Fsp3) is 0.600. The Bertz CT molecular complexity index is 450. The second-order valence-corrected chi connectivity index (χ2v) is 6.44. The minimum atomic E-state index is 0.454. The molecule has 1 saturated carbocycles. The molecule has 4 heteroatoms. The van der Waals surface area contributed by atoms with Crippen molar-refractivity contribution in [3.63, 3.8) is 0 Å². The molecule has 1 aliphatic heterocycles. The minimum absolute atomic E-state index is 0.454. The molecule has 2 N–H and O–H groups in total. The molecule has 2 aliphatic rings. The average molecular weight is 325 g/mol. The van der Waals surface area contributed by atoms with Crippen LogP contribution in [-0.4, -0.2) is 30.2 Å². The van der Waals surface area contributed by atoms with Gasteiger partial charge in [0.2, 0.25) is 0 Å². The number of nitrogens with two attached hydrogens (primary N) is 1. The molecule has 0 amide bonds. The van der Waals surface area contributed by atoms with E-state index in [2.05, 4.69) is 33.0 Å². The van der Waals surface area contributed by atoms with Crippen molar-refractivity contribution in [2.24, 2.45) is 0 Å². The van der Waals surface area contributed by atoms with E-state index in [-0.39, 0.29) is 0 Å². The van der Waals surface area contributed by atoms with E-state index in [9.17, 15) is 0 Å². The fourth-order valence-electron chi connectivity index (χ4n) is 3.30. The van der Waals surface area contributed by atoms with Gasteiger partial charge in [0.25, 0.3) is 0 Å². The van der Waals surface area contributed by atoms with Crippen LogP contribution in [0, 0.1) is 0 Å². The molecule has 1 aromatic rings. The van der Waals surface area contributed by atoms with Crippen LogP contribution in [0.1, 0.15) is 31.2 Å². The second-order valence-electron chi connectivity index (χ2n) is 5.59. The summed E-state index contributed by atoms with van der Waals surface area (Å²) in [5, 5.41) is 0. The van der Waals surface area contributed by atoms with Gasteiger partial charge in [-0.25, -0.2) is 0 Å². The summed E-state index contributed by atoms with van der Waals surface area (Å²) in [5.41, 5.74) is 8.09. The van der Waals surface area contributed by atoms with Crippen LogP contribution in [0.5, 0.6) is 0 Å². The average Bonchev–Trinajstić information content (AvgIpc) is 2.43. The predicted molar refractivity (Wildman–Crippen MR) is 81.0 cm³/mol. The number of nitrogen functional groups attached to an aromatic ring is 1. The number of fused-ring (bicyclic) bond motifs is 1. The Hall–Kier alpha value is -0.580. The van der Waals surface area contributed by atoms with Crippen molar-refractivity contribution >= 4 is 21.6 Å². The molecule has 1 aromatic carbocycles. The van der Waals surface area contributed by atoms with Gasteiger partial charge in [0.15, 0.2) is 0 Å². The van der Waals surface area contributed by atoms with Crippen LogP contribution in [0.15, 0.2) is 22.7 Å². The Morgan fingerprint density at radius 2 is 2.16 bits per heavy atom. The van der Waals surface area contributed by atoms with E-state index in [4.69, 9.17) is 10.5 Å². The molecule has 1 aliphatic carbocycles. The van der Waals surface area contributed by atoms with E-state index in [1.165, 1.54) is 31.2 Å². The van der Waals surface area contributed by atoms with Crippen LogP contribution in [-0.2, 0) is 11.3 Å². The standard InChI is InChI=1S/C15H21BrN2O/c16-12-6-5-11(9-13(12)17)10-18-7-8-19-15-4-2-1-3-14(15)18/h5-6,9,14-15H,1-4,7-8,10,17H2. The zero-order valence-electron chi connectivity index (χ0n) is 11.1. The van der Waals surface area contributed by atoms with E-state index in [1.807, 2.05) is 6.07 Å². The van der Waals surface area contributed by atoms with Gasteiger partial charge in [-0.2, -0.15) is 0 Å². The van der Waals surface area contributed by atoms with E-state index in [1.54, 1.807) is 0 Å². The molecule has 104 valence electrons. The summed E-state index contributed by atoms with van der Waals surface area (Å²) in [4.78, 5) is 2.58. The van der Waals surface area contributed by atoms with Gasteiger partial charge in [-0.3, -0.25) is 4.90 Å². The summed E-state index contributed by atoms with van der Waals surface area (Å²) in [5.74, 6) is 0. The number of halogens is 1. The summed E-state index contributed by atoms with van der Waals surface area (Å²) in [6.07, 6.45) is 5.61. The van der Waals surface area contributed by atoms with E-state index in [0.29, 0.717) is 12.1 Å². The zero-order valence-corrected chi connectivity index (χ0v) is 12.7. The third-order valence-electron chi connectivity index (χ3n) is 4.29. The van der Waals surface area contributed by atoms with Crippen LogP contribution < -0.4 is 5.73 Å². The number of rotatable bonds is 2. The predicted octanol–water partition coefficient (Wildman–Crippen LogP) is 3.17. The number of morpholine rings is 1. The maximum Gasteiger partial charge on any atom is 0.0731 e. The highest BCUT2D eigenvalue weighted by Crippen LogP contribution is 2.30. The first kappa shape index (κ1) is 13.4. The number of hydrogen-bond donors (Lipinski definition) is 1. The van der Waals surface area contributed by atoms with Gasteiger partial charge in [-0.1, -0.05) is 18.9 Å². The Morgan fingerprint density at radius 1 is 1.32 bits per heavy atom. The summed E-state index contributed by atoms with van der Waals surface area (Å²) >= 11 is 3.45. The molecule has 0 aromatic heterocycles. The molecule has 2 fully saturated rings. The molecular weight excluding hydrogens is 304 g/mol. The second kappa shape index (κ2) is 5.81. The SMILES string of the molecule is Nc1cc(CN2CCOC3CCCCC32)ccc1Br. The molecule has 2 atom stereocenters. The lowest BCUT2D eigenvalue weighted by Gasteiger charge is -2.43. The maximum absolute atomic E-state index is 5.97. The van der Waals surface area contributed by atoms with E-state index in [0.717, 1.165) is 29.9 Å². The Labute approximate surface area is 123 Å². The third kappa shape index (κ3) is 2.96. The number of hydrogen-bond acceptors (Lipinski definition) is 3. The maximum atomic E-state index is 5.97. The summed E-state index contributed by atoms with van der Waals surface area (Å²) < 4.78 is 6.90. The number of benzene rings is 1. The first-order valence-corrected chi connectivity index (χ1v) is 7.93. The van der Waals surface area contributed by atoms with E-state index >= 15 is 0 Å². The van der Waals surface area contributed by atoms with Crippen molar-refractivity contribution < 1.29 is 4.74 Å². The Balaban J connectivity index is 1.72. The summed E-state index contributed by atoms with van der Waals surface area (Å²) in [7, 11) is 0. The van der Waals surface area contributed by atoms with Crippen molar-refractivity contribution in [1.29, 1.82) is 0 Å². The summed E-state index contributed by atoms with van der Waals surface area (Å²) in [6, 6.07) is 6.89. The Kier molecular flexibility index (Phi) is 4.10. The quantitative estimate of drug-likeness (QED) is 0.849. The lowest BCUT2D eigenvalue weighted by Crippen LogP contribution is -2.52. The molecule has 1 saturated heterocycles. The monoisotopic (exact) mass is 324 g/mol. The molecule has 0 bridgehead atoms. The fourth-order valence-corrected chi connectivity index (χ4v) is 3.55. The summed E-state index contributed by atoms with van der Waals surface area (Å²) in [6.45, 7) is 2.90. The third-order valence-corrected chi connectivity index (χ3v) is 5.02. The lowest BCUT2D eigenvalue weighted by atomic mass is 9.90. The van der Waals surface area contributed by atoms with Crippen LogP contribution in [0.4, 0.5) is 5.69 Å². The van der Waals surface area contributed by atoms with Crippen molar-refractivity contribution in [1.82, 2.24) is 4.90 Å². The van der Waals surface area contributed by atoms with Crippen molar-refractivity contribution in [2.45, 2.75) is 44.4 Å². The van der Waals surface area contributed by atoms with Crippen LogP contribution in [0.25, 0.3) is 0 Å². The smallest absolute Gasteiger partial charge is 0.0731 e. The number of ether oxygens (including phenoxy) is 1. The molecule has 0 spiro atoms. The van der Waals surface area contributed by atoms with Crippen molar-refractivity contribution in [2.75, 3.05) is 18.9 Å². The largest absolute Gasteiger partial charge is 0.398 e. The molecule has 3 rings (SSSR count). The first-order valence-electron chi connectivity index (χ1n) is 7.13. The van der Waals surface area contributed by atoms with Gasteiger partial charge >= 0.3 is 0 Å². The van der Waals surface area contributed by atoms with E-state index < -0.39 is 0 Å². The van der Waals surface area contributed by atoms with Crippen LogP contribution >= 0.6 is 15.9 Å². The highest BCUT2D eigenvalue weighted by Gasteiger charge is 2.33. The van der Waals surface area contributed by atoms with Crippen molar-refractivity contribution in [3.05, 3.63) is 28.2 Å². The lowest BCUT2D eigenvalue weighted by molar-refractivity contribution is -0.0911. The topological polar surface area (TPSA) is 38.5 Å². The Morgan fingerprint density at radius 3 is 3.00 bits per heavy atom. The first-order chi connectivity index (χ1) is 9.24. The molecule has 1 heterocycles. The highest BCUT2D eigenvalue weighted by molar-refractivity contribution is 9.10. The molecular formula is C15H21BrN2O. The van der Waals surface area contributed by atoms with Crippen LogP contribution in [0.3, 0.4) is 0 Å². The number of nitrogens with zero attached hydrogens (tertiary/aromatic N) is 1. The van der Waals surface area contributed by atoms with Gasteiger partial charge in [-0.15, -0.1) is 0 Å². The highest BCUT2D eigenvalue weighted by atomic mass is 79.9. The minimum Gasteiger partial charge on any atom is -0.398 e. The van der Waals surface area contributed by atoms with Gasteiger partial charge in [0, 0.05) is 29.3 Å². The molecule has 3 nitrogen and oxygen atoms in total. The zero-order chi connectivity index (χ0) is 13.2. The molecule has 0 radical (unpaired) electrons. The number of anilines is 1. The van der Waals surface area contributed by atoms with Gasteiger partial charge in [-0.05, 0) is 46.5 Å². The normalized spacial score (nSPS) is 28.1. The van der Waals surface area contributed by atoms with Crippen LogP contribution in [0.2, 0.25) is 0 Å². The van der Waals surface area contributed by atoms with Gasteiger partial charge < -0.3 is 10.5 Å². The van der Waals surface area contributed by atoms with Gasteiger partial charge in [0.1, 0.15) is 0 Å². The molecule has 19 heavy (non-hydrogen) atoms. The van der Waals surface area contributed by atoms with Gasteiger partial charge in [0.05, 0.1) is 12.7 Å². The van der Waals surface area contributed by atoms with Crippen molar-refractivity contribution in [3.8, 4) is 0 Å².